The summed E-state index contributed by atoms with van der Waals surface area (Å²) in [6.07, 6.45) is 6.41. The maximum absolute atomic E-state index is 5.69. The van der Waals surface area contributed by atoms with E-state index >= 15 is 0 Å². The van der Waals surface area contributed by atoms with Crippen molar-refractivity contribution in [3.05, 3.63) is 35.4 Å². The highest BCUT2D eigenvalue weighted by molar-refractivity contribution is 14.0. The fraction of sp³-hybridized carbons (Fsp3) is 0.696. The van der Waals surface area contributed by atoms with E-state index in [1.165, 1.54) is 49.9 Å². The molecular weight excluding hydrogens is 475 g/mol. The monoisotopic (exact) mass is 514 g/mol. The van der Waals surface area contributed by atoms with Crippen LogP contribution in [-0.2, 0) is 17.8 Å². The number of piperidine rings is 1. The molecule has 3 rings (SSSR count). The van der Waals surface area contributed by atoms with E-state index < -0.39 is 0 Å². The lowest BCUT2D eigenvalue weighted by atomic mass is 9.99. The van der Waals surface area contributed by atoms with Crippen molar-refractivity contribution < 1.29 is 4.74 Å². The van der Waals surface area contributed by atoms with Crippen LogP contribution >= 0.6 is 24.0 Å². The van der Waals surface area contributed by atoms with Crippen LogP contribution in [-0.4, -0.2) is 50.8 Å². The van der Waals surface area contributed by atoms with Gasteiger partial charge in [-0.1, -0.05) is 31.2 Å². The minimum atomic E-state index is 0. The Morgan fingerprint density at radius 3 is 2.69 bits per heavy atom. The molecule has 1 atom stereocenters. The molecule has 0 radical (unpaired) electrons. The van der Waals surface area contributed by atoms with Crippen LogP contribution in [0.1, 0.15) is 50.2 Å². The summed E-state index contributed by atoms with van der Waals surface area (Å²) >= 11 is 0. The van der Waals surface area contributed by atoms with Gasteiger partial charge in [-0.3, -0.25) is 9.89 Å². The summed E-state index contributed by atoms with van der Waals surface area (Å²) in [5.41, 5.74) is 2.78. The number of guanidine groups is 1. The van der Waals surface area contributed by atoms with Crippen LogP contribution in [0.4, 0.5) is 0 Å². The van der Waals surface area contributed by atoms with Crippen molar-refractivity contribution in [2.75, 3.05) is 39.9 Å². The molecule has 2 aliphatic rings. The Morgan fingerprint density at radius 1 is 1.17 bits per heavy atom. The quantitative estimate of drug-likeness (QED) is 0.214. The van der Waals surface area contributed by atoms with Crippen LogP contribution < -0.4 is 10.6 Å². The third kappa shape index (κ3) is 9.22. The molecule has 1 aromatic carbocycles. The van der Waals surface area contributed by atoms with Crippen molar-refractivity contribution >= 4 is 29.9 Å². The summed E-state index contributed by atoms with van der Waals surface area (Å²) < 4.78 is 5.69. The first-order valence-corrected chi connectivity index (χ1v) is 11.1. The number of halogens is 1. The Bertz CT molecular complexity index is 621. The SMILES string of the molecule is CN=C(NCCCOCC1CC1)NCc1ccccc1CN1CCCC(C)C1.I. The average molecular weight is 514 g/mol. The molecule has 2 N–H and O–H groups in total. The van der Waals surface area contributed by atoms with Gasteiger partial charge < -0.3 is 15.4 Å². The molecule has 1 heterocycles. The van der Waals surface area contributed by atoms with E-state index in [0.717, 1.165) is 57.1 Å². The number of ether oxygens (including phenoxy) is 1. The number of rotatable bonds is 10. The van der Waals surface area contributed by atoms with Crippen molar-refractivity contribution in [3.63, 3.8) is 0 Å². The number of likely N-dealkylation sites (tertiary alicyclic amines) is 1. The molecule has 1 aliphatic heterocycles. The Balaban J connectivity index is 0.00000300. The van der Waals surface area contributed by atoms with Gasteiger partial charge in [0.05, 0.1) is 0 Å². The maximum Gasteiger partial charge on any atom is 0.191 e. The summed E-state index contributed by atoms with van der Waals surface area (Å²) in [6, 6.07) is 8.78. The van der Waals surface area contributed by atoms with Gasteiger partial charge in [0.15, 0.2) is 5.96 Å². The smallest absolute Gasteiger partial charge is 0.191 e. The molecule has 0 aromatic heterocycles. The first-order valence-electron chi connectivity index (χ1n) is 11.1. The molecule has 29 heavy (non-hydrogen) atoms. The van der Waals surface area contributed by atoms with Gasteiger partial charge in [0, 0.05) is 46.4 Å². The predicted molar refractivity (Wildman–Crippen MR) is 132 cm³/mol. The molecular formula is C23H39IN4O. The van der Waals surface area contributed by atoms with E-state index in [-0.39, 0.29) is 24.0 Å². The van der Waals surface area contributed by atoms with Crippen molar-refractivity contribution in [1.29, 1.82) is 0 Å². The lowest BCUT2D eigenvalue weighted by Crippen LogP contribution is -2.38. The zero-order valence-corrected chi connectivity index (χ0v) is 20.5. The highest BCUT2D eigenvalue weighted by atomic mass is 127. The van der Waals surface area contributed by atoms with Crippen LogP contribution in [0.3, 0.4) is 0 Å². The molecule has 1 aromatic rings. The van der Waals surface area contributed by atoms with Gasteiger partial charge >= 0.3 is 0 Å². The largest absolute Gasteiger partial charge is 0.381 e. The highest BCUT2D eigenvalue weighted by Crippen LogP contribution is 2.28. The topological polar surface area (TPSA) is 48.9 Å². The second-order valence-corrected chi connectivity index (χ2v) is 8.48. The Labute approximate surface area is 194 Å². The van der Waals surface area contributed by atoms with Crippen LogP contribution in [0, 0.1) is 11.8 Å². The van der Waals surface area contributed by atoms with Crippen molar-refractivity contribution in [2.24, 2.45) is 16.8 Å². The van der Waals surface area contributed by atoms with Crippen LogP contribution in [0.15, 0.2) is 29.3 Å². The van der Waals surface area contributed by atoms with Crippen LogP contribution in [0.2, 0.25) is 0 Å². The van der Waals surface area contributed by atoms with E-state index in [4.69, 9.17) is 4.74 Å². The third-order valence-corrected chi connectivity index (χ3v) is 5.73. The van der Waals surface area contributed by atoms with Gasteiger partial charge in [-0.25, -0.2) is 0 Å². The van der Waals surface area contributed by atoms with Gasteiger partial charge in [0.2, 0.25) is 0 Å². The number of benzene rings is 1. The van der Waals surface area contributed by atoms with Crippen LogP contribution in [0.5, 0.6) is 0 Å². The normalized spacial score (nSPS) is 20.2. The minimum Gasteiger partial charge on any atom is -0.381 e. The molecule has 164 valence electrons. The van der Waals surface area contributed by atoms with E-state index in [1.807, 2.05) is 7.05 Å². The van der Waals surface area contributed by atoms with Gasteiger partial charge in [0.25, 0.3) is 0 Å². The van der Waals surface area contributed by atoms with E-state index in [2.05, 4.69) is 51.7 Å². The van der Waals surface area contributed by atoms with Crippen molar-refractivity contribution in [3.8, 4) is 0 Å². The summed E-state index contributed by atoms with van der Waals surface area (Å²) in [5.74, 6) is 2.52. The van der Waals surface area contributed by atoms with Gasteiger partial charge in [0.1, 0.15) is 0 Å². The first-order chi connectivity index (χ1) is 13.7. The minimum absolute atomic E-state index is 0. The molecule has 5 nitrogen and oxygen atoms in total. The number of nitrogens with zero attached hydrogens (tertiary/aromatic N) is 2. The average Bonchev–Trinajstić information content (AvgIpc) is 3.52. The van der Waals surface area contributed by atoms with Crippen molar-refractivity contribution in [1.82, 2.24) is 15.5 Å². The lowest BCUT2D eigenvalue weighted by Gasteiger charge is -2.31. The van der Waals surface area contributed by atoms with E-state index in [1.54, 1.807) is 0 Å². The maximum atomic E-state index is 5.69. The number of hydrogen-bond donors (Lipinski definition) is 2. The zero-order chi connectivity index (χ0) is 19.6. The standard InChI is InChI=1S/C23H38N4O.HI/c1-19-7-5-13-27(16-19)17-22-9-4-3-8-21(22)15-26-23(24-2)25-12-6-14-28-18-20-10-11-20;/h3-4,8-9,19-20H,5-7,10-18H2,1-2H3,(H2,24,25,26);1H. The van der Waals surface area contributed by atoms with Crippen molar-refractivity contribution in [2.45, 2.75) is 52.1 Å². The van der Waals surface area contributed by atoms with Crippen LogP contribution in [0.25, 0.3) is 0 Å². The molecule has 0 spiro atoms. The number of hydrogen-bond acceptors (Lipinski definition) is 3. The number of aliphatic imine (C=N–C) groups is 1. The Hall–Kier alpha value is -0.860. The Morgan fingerprint density at radius 2 is 1.97 bits per heavy atom. The second-order valence-electron chi connectivity index (χ2n) is 8.48. The van der Waals surface area contributed by atoms with E-state index in [0.29, 0.717) is 0 Å². The first kappa shape index (κ1) is 24.4. The molecule has 1 aliphatic carbocycles. The molecule has 2 fully saturated rings. The summed E-state index contributed by atoms with van der Waals surface area (Å²) in [5, 5.41) is 6.87. The van der Waals surface area contributed by atoms with Gasteiger partial charge in [-0.15, -0.1) is 24.0 Å². The highest BCUT2D eigenvalue weighted by Gasteiger charge is 2.20. The molecule has 0 bridgehead atoms. The molecule has 6 heteroatoms. The van der Waals surface area contributed by atoms with E-state index in [9.17, 15) is 0 Å². The summed E-state index contributed by atoms with van der Waals surface area (Å²) in [4.78, 5) is 6.96. The Kier molecular flexibility index (Phi) is 11.3. The fourth-order valence-corrected chi connectivity index (χ4v) is 3.87. The lowest BCUT2D eigenvalue weighted by molar-refractivity contribution is 0.123. The fourth-order valence-electron chi connectivity index (χ4n) is 3.87. The second kappa shape index (κ2) is 13.4. The molecule has 0 amide bonds. The van der Waals surface area contributed by atoms with Gasteiger partial charge in [-0.05, 0) is 61.6 Å². The molecule has 1 saturated heterocycles. The zero-order valence-electron chi connectivity index (χ0n) is 18.2. The third-order valence-electron chi connectivity index (χ3n) is 5.73. The van der Waals surface area contributed by atoms with Gasteiger partial charge in [-0.2, -0.15) is 0 Å². The summed E-state index contributed by atoms with van der Waals surface area (Å²) in [6.45, 7) is 9.32. The summed E-state index contributed by atoms with van der Waals surface area (Å²) in [7, 11) is 1.83. The molecule has 1 saturated carbocycles. The predicted octanol–water partition coefficient (Wildman–Crippen LogP) is 4.02. The number of nitrogens with one attached hydrogen (secondary N) is 2. The molecule has 1 unspecified atom stereocenters.